The van der Waals surface area contributed by atoms with Gasteiger partial charge in [-0.25, -0.2) is 0 Å². The molecule has 5 nitrogen and oxygen atoms in total. The Morgan fingerprint density at radius 3 is 2.44 bits per heavy atom. The van der Waals surface area contributed by atoms with Crippen molar-refractivity contribution in [3.8, 4) is 0 Å². The summed E-state index contributed by atoms with van der Waals surface area (Å²) in [5.41, 5.74) is 3.86. The summed E-state index contributed by atoms with van der Waals surface area (Å²) in [5, 5.41) is 9.98. The van der Waals surface area contributed by atoms with E-state index in [1.807, 2.05) is 26.8 Å². The average molecular weight is 245 g/mol. The van der Waals surface area contributed by atoms with Crippen LogP contribution in [-0.2, 0) is 0 Å². The number of hydrogen-bond donors (Lipinski definition) is 1. The Kier molecular flexibility index (Phi) is 3.14. The van der Waals surface area contributed by atoms with Crippen molar-refractivity contribution in [3.05, 3.63) is 40.3 Å². The van der Waals surface area contributed by atoms with E-state index in [1.54, 1.807) is 13.0 Å². The molecule has 1 aromatic carbocycles. The van der Waals surface area contributed by atoms with E-state index in [1.165, 1.54) is 0 Å². The zero-order valence-corrected chi connectivity index (χ0v) is 10.9. The maximum Gasteiger partial charge on any atom is 0.322 e. The van der Waals surface area contributed by atoms with Gasteiger partial charge in [0.15, 0.2) is 0 Å². The first-order chi connectivity index (χ1) is 8.49. The van der Waals surface area contributed by atoms with E-state index >= 15 is 0 Å². The lowest BCUT2D eigenvalue weighted by Crippen LogP contribution is -2.14. The second kappa shape index (κ2) is 4.60. The molecule has 0 bridgehead atoms. The second-order valence-electron chi connectivity index (χ2n) is 4.26. The molecule has 0 aliphatic carbocycles. The zero-order valence-electron chi connectivity index (χ0n) is 10.9. The molecule has 2 rings (SSSR count). The number of hydrogen-bond acceptors (Lipinski definition) is 4. The number of carbonyl (C=O) groups excluding carboxylic acids is 1. The first kappa shape index (κ1) is 12.3. The molecule has 2 aromatic rings. The van der Waals surface area contributed by atoms with Crippen molar-refractivity contribution in [2.75, 3.05) is 5.32 Å². The van der Waals surface area contributed by atoms with Crippen LogP contribution in [0.3, 0.4) is 0 Å². The van der Waals surface area contributed by atoms with E-state index in [0.717, 1.165) is 16.7 Å². The van der Waals surface area contributed by atoms with Crippen LogP contribution in [0.4, 0.5) is 6.01 Å². The summed E-state index contributed by atoms with van der Waals surface area (Å²) in [7, 11) is 0. The topological polar surface area (TPSA) is 68.0 Å². The molecule has 18 heavy (non-hydrogen) atoms. The highest BCUT2D eigenvalue weighted by Gasteiger charge is 2.14. The lowest BCUT2D eigenvalue weighted by molar-refractivity contribution is 0.102. The van der Waals surface area contributed by atoms with Crippen LogP contribution in [0.5, 0.6) is 0 Å². The number of amides is 1. The maximum atomic E-state index is 12.1. The molecule has 5 heteroatoms. The molecule has 0 aliphatic rings. The average Bonchev–Trinajstić information content (AvgIpc) is 2.71. The van der Waals surface area contributed by atoms with Gasteiger partial charge in [0.25, 0.3) is 5.91 Å². The quantitative estimate of drug-likeness (QED) is 0.882. The summed E-state index contributed by atoms with van der Waals surface area (Å²) in [6, 6.07) is 3.85. The van der Waals surface area contributed by atoms with Crippen molar-refractivity contribution in [3.63, 3.8) is 0 Å². The van der Waals surface area contributed by atoms with Crippen LogP contribution in [0.15, 0.2) is 16.5 Å². The number of anilines is 1. The highest BCUT2D eigenvalue weighted by atomic mass is 16.4. The van der Waals surface area contributed by atoms with Crippen LogP contribution >= 0.6 is 0 Å². The molecule has 1 amide bonds. The Morgan fingerprint density at radius 1 is 1.11 bits per heavy atom. The number of aryl methyl sites for hydroxylation is 2. The van der Waals surface area contributed by atoms with Gasteiger partial charge >= 0.3 is 6.01 Å². The first-order valence-electron chi connectivity index (χ1n) is 5.67. The summed E-state index contributed by atoms with van der Waals surface area (Å²) in [6.07, 6.45) is 0. The third kappa shape index (κ3) is 2.25. The van der Waals surface area contributed by atoms with Gasteiger partial charge in [0.2, 0.25) is 5.89 Å². The lowest BCUT2D eigenvalue weighted by atomic mass is 9.98. The first-order valence-corrected chi connectivity index (χ1v) is 5.67. The smallest absolute Gasteiger partial charge is 0.322 e. The van der Waals surface area contributed by atoms with Crippen LogP contribution in [0.2, 0.25) is 0 Å². The third-order valence-corrected chi connectivity index (χ3v) is 3.05. The van der Waals surface area contributed by atoms with Gasteiger partial charge in [0, 0.05) is 12.5 Å². The SMILES string of the molecule is Cc1nnc(NC(=O)c2ccc(C)c(C)c2C)o1. The molecule has 1 aromatic heterocycles. The number of rotatable bonds is 2. The van der Waals surface area contributed by atoms with Gasteiger partial charge in [-0.2, -0.15) is 0 Å². The number of nitrogens with zero attached hydrogens (tertiary/aromatic N) is 2. The van der Waals surface area contributed by atoms with Crippen molar-refractivity contribution < 1.29 is 9.21 Å². The minimum atomic E-state index is -0.237. The standard InChI is InChI=1S/C13H15N3O2/c1-7-5-6-11(9(3)8(7)2)12(17)14-13-16-15-10(4)18-13/h5-6H,1-4H3,(H,14,16,17). The van der Waals surface area contributed by atoms with Gasteiger partial charge in [-0.3, -0.25) is 10.1 Å². The van der Waals surface area contributed by atoms with Crippen LogP contribution in [-0.4, -0.2) is 16.1 Å². The summed E-state index contributed by atoms with van der Waals surface area (Å²) in [6.45, 7) is 7.61. The van der Waals surface area contributed by atoms with Crippen molar-refractivity contribution in [2.24, 2.45) is 0 Å². The highest BCUT2D eigenvalue weighted by Crippen LogP contribution is 2.18. The molecule has 1 N–H and O–H groups in total. The van der Waals surface area contributed by atoms with Crippen molar-refractivity contribution in [1.82, 2.24) is 10.2 Å². The second-order valence-corrected chi connectivity index (χ2v) is 4.26. The Hall–Kier alpha value is -2.17. The number of benzene rings is 1. The van der Waals surface area contributed by atoms with E-state index < -0.39 is 0 Å². The minimum absolute atomic E-state index is 0.120. The van der Waals surface area contributed by atoms with E-state index in [0.29, 0.717) is 11.5 Å². The highest BCUT2D eigenvalue weighted by molar-refractivity contribution is 6.04. The fraction of sp³-hybridized carbons (Fsp3) is 0.308. The van der Waals surface area contributed by atoms with Gasteiger partial charge in [-0.15, -0.1) is 5.10 Å². The van der Waals surface area contributed by atoms with E-state index in [9.17, 15) is 4.79 Å². The molecule has 0 unspecified atom stereocenters. The van der Waals surface area contributed by atoms with Crippen LogP contribution < -0.4 is 5.32 Å². The lowest BCUT2D eigenvalue weighted by Gasteiger charge is -2.09. The summed E-state index contributed by atoms with van der Waals surface area (Å²) in [4.78, 5) is 12.1. The molecule has 0 fully saturated rings. The molecule has 0 spiro atoms. The zero-order chi connectivity index (χ0) is 13.3. The van der Waals surface area contributed by atoms with Crippen LogP contribution in [0.1, 0.15) is 32.9 Å². The van der Waals surface area contributed by atoms with Crippen LogP contribution in [0, 0.1) is 27.7 Å². The maximum absolute atomic E-state index is 12.1. The Morgan fingerprint density at radius 2 is 1.83 bits per heavy atom. The molecule has 0 saturated carbocycles. The molecular weight excluding hydrogens is 230 g/mol. The van der Waals surface area contributed by atoms with Crippen LogP contribution in [0.25, 0.3) is 0 Å². The van der Waals surface area contributed by atoms with Gasteiger partial charge in [-0.05, 0) is 43.5 Å². The van der Waals surface area contributed by atoms with E-state index in [-0.39, 0.29) is 11.9 Å². The molecule has 0 radical (unpaired) electrons. The minimum Gasteiger partial charge on any atom is -0.408 e. The van der Waals surface area contributed by atoms with Gasteiger partial charge < -0.3 is 4.42 Å². The summed E-state index contributed by atoms with van der Waals surface area (Å²) >= 11 is 0. The Labute approximate surface area is 105 Å². The third-order valence-electron chi connectivity index (χ3n) is 3.05. The Balaban J connectivity index is 2.27. The van der Waals surface area contributed by atoms with E-state index in [4.69, 9.17) is 4.42 Å². The summed E-state index contributed by atoms with van der Waals surface area (Å²) < 4.78 is 5.12. The monoisotopic (exact) mass is 245 g/mol. The molecular formula is C13H15N3O2. The number of nitrogens with one attached hydrogen (secondary N) is 1. The number of carbonyl (C=O) groups is 1. The van der Waals surface area contributed by atoms with Crippen molar-refractivity contribution in [2.45, 2.75) is 27.7 Å². The predicted octanol–water partition coefficient (Wildman–Crippen LogP) is 2.56. The van der Waals surface area contributed by atoms with Gasteiger partial charge in [0.1, 0.15) is 0 Å². The molecule has 1 heterocycles. The fourth-order valence-corrected chi connectivity index (χ4v) is 1.71. The molecule has 0 aliphatic heterocycles. The van der Waals surface area contributed by atoms with Crippen molar-refractivity contribution >= 4 is 11.9 Å². The number of aromatic nitrogens is 2. The summed E-state index contributed by atoms with van der Waals surface area (Å²) in [5.74, 6) is 0.182. The molecule has 94 valence electrons. The Bertz CT molecular complexity index is 602. The van der Waals surface area contributed by atoms with E-state index in [2.05, 4.69) is 15.5 Å². The van der Waals surface area contributed by atoms with Crippen molar-refractivity contribution in [1.29, 1.82) is 0 Å². The predicted molar refractivity (Wildman–Crippen MR) is 67.6 cm³/mol. The van der Waals surface area contributed by atoms with Gasteiger partial charge in [0.05, 0.1) is 0 Å². The largest absolute Gasteiger partial charge is 0.408 e. The fourth-order valence-electron chi connectivity index (χ4n) is 1.71. The molecule has 0 saturated heterocycles. The normalized spacial score (nSPS) is 10.4. The van der Waals surface area contributed by atoms with Gasteiger partial charge in [-0.1, -0.05) is 11.2 Å². The molecule has 0 atom stereocenters.